The number of rotatable bonds is 18. The first kappa shape index (κ1) is 45.7. The molecule has 2 heterocycles. The van der Waals surface area contributed by atoms with Crippen molar-refractivity contribution in [1.82, 2.24) is 20.5 Å². The van der Waals surface area contributed by atoms with E-state index in [-0.39, 0.29) is 83.3 Å². The number of aliphatic hydroxyl groups excluding tert-OH is 1. The monoisotopic (exact) mass is 893 g/mol. The lowest BCUT2D eigenvalue weighted by molar-refractivity contribution is -0.128. The number of hydrogen-bond acceptors (Lipinski definition) is 12. The normalized spacial score (nSPS) is 17.8. The first-order valence-electron chi connectivity index (χ1n) is 22.3. The zero-order chi connectivity index (χ0) is 46.2. The molecule has 1 saturated carbocycles. The SMILES string of the molecule is N=C(OCC1CCN(Cc2ccccc2)CC1)C(O)(c1ccccc1)c1cccc(OCC(=O)C2CC(NC(=O)c3ccc(CNC[C@H](O)c4ccc(O)c5[nH]c(=O)ccc45)c(O)c3)C2)c1. The minimum atomic E-state index is -1.90. The molecule has 342 valence electrons. The maximum absolute atomic E-state index is 13.2. The molecular formula is C52H55N5O9. The van der Waals surface area contributed by atoms with E-state index in [0.717, 1.165) is 32.5 Å². The van der Waals surface area contributed by atoms with Gasteiger partial charge in [0, 0.05) is 59.7 Å². The summed E-state index contributed by atoms with van der Waals surface area (Å²) in [5.41, 5.74) is 1.37. The van der Waals surface area contributed by atoms with Crippen LogP contribution < -0.4 is 20.9 Å². The molecule has 14 heteroatoms. The number of carbonyl (C=O) groups excluding carboxylic acids is 2. The van der Waals surface area contributed by atoms with Crippen molar-refractivity contribution >= 4 is 28.5 Å². The summed E-state index contributed by atoms with van der Waals surface area (Å²) in [5, 5.41) is 59.6. The van der Waals surface area contributed by atoms with Gasteiger partial charge in [0.2, 0.25) is 11.5 Å². The maximum atomic E-state index is 13.2. The number of aromatic amines is 1. The van der Waals surface area contributed by atoms with Crippen molar-refractivity contribution in [2.24, 2.45) is 11.8 Å². The summed E-state index contributed by atoms with van der Waals surface area (Å²) in [4.78, 5) is 43.1. The van der Waals surface area contributed by atoms with E-state index in [0.29, 0.717) is 52.8 Å². The fourth-order valence-corrected chi connectivity index (χ4v) is 8.77. The van der Waals surface area contributed by atoms with Gasteiger partial charge >= 0.3 is 0 Å². The third-order valence-corrected chi connectivity index (χ3v) is 12.8. The summed E-state index contributed by atoms with van der Waals surface area (Å²) >= 11 is 0. The van der Waals surface area contributed by atoms with Gasteiger partial charge in [0.25, 0.3) is 5.91 Å². The van der Waals surface area contributed by atoms with Gasteiger partial charge in [-0.25, -0.2) is 0 Å². The number of ketones is 1. The third-order valence-electron chi connectivity index (χ3n) is 12.8. The van der Waals surface area contributed by atoms with E-state index in [2.05, 4.69) is 44.8 Å². The Balaban J connectivity index is 0.791. The number of H-pyrrole nitrogens is 1. The van der Waals surface area contributed by atoms with Crippen LogP contribution in [0.2, 0.25) is 0 Å². The molecule has 1 aliphatic heterocycles. The number of phenols is 2. The van der Waals surface area contributed by atoms with Gasteiger partial charge in [-0.2, -0.15) is 0 Å². The van der Waals surface area contributed by atoms with Crippen molar-refractivity contribution in [3.8, 4) is 17.2 Å². The van der Waals surface area contributed by atoms with Crippen molar-refractivity contribution in [3.63, 3.8) is 0 Å². The van der Waals surface area contributed by atoms with Crippen LogP contribution in [-0.2, 0) is 28.2 Å². The number of nitrogens with one attached hydrogen (secondary N) is 4. The van der Waals surface area contributed by atoms with Gasteiger partial charge in [0.05, 0.1) is 18.2 Å². The fourth-order valence-electron chi connectivity index (χ4n) is 8.77. The highest BCUT2D eigenvalue weighted by Crippen LogP contribution is 2.35. The van der Waals surface area contributed by atoms with E-state index in [9.17, 15) is 34.8 Å². The Morgan fingerprint density at radius 1 is 0.848 bits per heavy atom. The number of amides is 1. The predicted molar refractivity (Wildman–Crippen MR) is 249 cm³/mol. The predicted octanol–water partition coefficient (Wildman–Crippen LogP) is 6.06. The van der Waals surface area contributed by atoms with Gasteiger partial charge < -0.3 is 45.5 Å². The molecule has 8 N–H and O–H groups in total. The Labute approximate surface area is 382 Å². The number of pyridine rings is 1. The van der Waals surface area contributed by atoms with E-state index in [1.807, 2.05) is 12.1 Å². The molecule has 1 saturated heterocycles. The summed E-state index contributed by atoms with van der Waals surface area (Å²) in [6, 6.07) is 36.3. The van der Waals surface area contributed by atoms with E-state index in [1.54, 1.807) is 66.7 Å². The van der Waals surface area contributed by atoms with Gasteiger partial charge in [0.1, 0.15) is 23.9 Å². The summed E-state index contributed by atoms with van der Waals surface area (Å²) in [6.45, 7) is 3.17. The van der Waals surface area contributed by atoms with Gasteiger partial charge in [-0.3, -0.25) is 24.7 Å². The Morgan fingerprint density at radius 2 is 1.58 bits per heavy atom. The number of piperidine rings is 1. The number of aromatic nitrogens is 1. The topological polar surface area (TPSA) is 218 Å². The molecule has 0 radical (unpaired) electrons. The number of ether oxygens (including phenoxy) is 2. The summed E-state index contributed by atoms with van der Waals surface area (Å²) < 4.78 is 12.0. The van der Waals surface area contributed by atoms with Crippen LogP contribution >= 0.6 is 0 Å². The minimum absolute atomic E-state index is 0.0993. The molecule has 6 aromatic rings. The Kier molecular flexibility index (Phi) is 14.2. The summed E-state index contributed by atoms with van der Waals surface area (Å²) in [6.07, 6.45) is 1.75. The summed E-state index contributed by atoms with van der Waals surface area (Å²) in [5.74, 6) is -0.699. The second-order valence-electron chi connectivity index (χ2n) is 17.3. The van der Waals surface area contributed by atoms with Crippen molar-refractivity contribution < 1.29 is 39.5 Å². The molecule has 2 atom stereocenters. The number of likely N-dealkylation sites (tertiary alicyclic amines) is 1. The van der Waals surface area contributed by atoms with Crippen LogP contribution in [0.3, 0.4) is 0 Å². The van der Waals surface area contributed by atoms with E-state index >= 15 is 0 Å². The summed E-state index contributed by atoms with van der Waals surface area (Å²) in [7, 11) is 0. The Morgan fingerprint density at radius 3 is 2.32 bits per heavy atom. The van der Waals surface area contributed by atoms with Crippen molar-refractivity contribution in [2.45, 2.75) is 56.5 Å². The number of carbonyl (C=O) groups is 2. The number of benzene rings is 5. The van der Waals surface area contributed by atoms with Crippen LogP contribution in [0.25, 0.3) is 10.9 Å². The molecule has 8 rings (SSSR count). The molecule has 14 nitrogen and oxygen atoms in total. The number of hydrogen-bond donors (Lipinski definition) is 8. The average Bonchev–Trinajstić information content (AvgIpc) is 3.32. The van der Waals surface area contributed by atoms with Gasteiger partial charge in [-0.1, -0.05) is 84.9 Å². The van der Waals surface area contributed by atoms with Crippen molar-refractivity contribution in [3.05, 3.63) is 171 Å². The number of fused-ring (bicyclic) bond motifs is 1. The molecule has 0 bridgehead atoms. The molecule has 0 spiro atoms. The van der Waals surface area contributed by atoms with E-state index < -0.39 is 11.7 Å². The van der Waals surface area contributed by atoms with Crippen LogP contribution in [0.4, 0.5) is 0 Å². The Hall–Kier alpha value is -6.84. The van der Waals surface area contributed by atoms with Crippen LogP contribution in [0.5, 0.6) is 17.2 Å². The number of Topliss-reactive ketones (excluding diaryl/α,β-unsaturated/α-hetero) is 1. The lowest BCUT2D eigenvalue weighted by atomic mass is 9.77. The Bertz CT molecular complexity index is 2720. The molecule has 2 fully saturated rings. The first-order chi connectivity index (χ1) is 31.9. The highest BCUT2D eigenvalue weighted by Gasteiger charge is 2.40. The van der Waals surface area contributed by atoms with Crippen LogP contribution in [0.15, 0.2) is 132 Å². The average molecular weight is 894 g/mol. The zero-order valence-electron chi connectivity index (χ0n) is 36.5. The second kappa shape index (κ2) is 20.6. The zero-order valence-corrected chi connectivity index (χ0v) is 36.5. The highest BCUT2D eigenvalue weighted by atomic mass is 16.5. The van der Waals surface area contributed by atoms with Gasteiger partial charge in [0.15, 0.2) is 11.4 Å². The van der Waals surface area contributed by atoms with Crippen LogP contribution in [0.1, 0.15) is 70.0 Å². The van der Waals surface area contributed by atoms with Gasteiger partial charge in [-0.05, 0) is 97.8 Å². The lowest BCUT2D eigenvalue weighted by Gasteiger charge is -2.34. The van der Waals surface area contributed by atoms with Gasteiger partial charge in [-0.15, -0.1) is 0 Å². The molecule has 5 aromatic carbocycles. The number of aromatic hydroxyl groups is 2. The lowest BCUT2D eigenvalue weighted by Crippen LogP contribution is -2.47. The number of phenolic OH excluding ortho intramolecular Hbond substituents is 2. The molecule has 1 unspecified atom stereocenters. The van der Waals surface area contributed by atoms with Crippen LogP contribution in [0, 0.1) is 17.2 Å². The smallest absolute Gasteiger partial charge is 0.251 e. The number of aliphatic hydroxyl groups is 2. The fraction of sp³-hybridized carbons (Fsp3) is 0.308. The number of nitrogens with zero attached hydrogens (tertiary/aromatic N) is 1. The molecule has 1 amide bonds. The third kappa shape index (κ3) is 10.6. The highest BCUT2D eigenvalue weighted by molar-refractivity contribution is 5.95. The second-order valence-corrected chi connectivity index (χ2v) is 17.3. The van der Waals surface area contributed by atoms with E-state index in [1.165, 1.54) is 29.8 Å². The first-order valence-corrected chi connectivity index (χ1v) is 22.3. The van der Waals surface area contributed by atoms with Crippen molar-refractivity contribution in [2.75, 3.05) is 32.8 Å². The maximum Gasteiger partial charge on any atom is 0.251 e. The quantitative estimate of drug-likeness (QED) is 0.0367. The molecule has 2 aliphatic rings. The molecule has 1 aliphatic carbocycles. The van der Waals surface area contributed by atoms with Crippen molar-refractivity contribution in [1.29, 1.82) is 5.41 Å². The molecule has 66 heavy (non-hydrogen) atoms. The minimum Gasteiger partial charge on any atom is -0.508 e. The standard InChI is InChI=1S/C52H55N5O9/c53-51(66-31-34-20-22-57(23-21-34)30-33-8-3-1-4-9-33)52(64,38-10-5-2-6-11-38)39-12-7-13-41(27-39)65-32-47(61)37-24-40(25-37)55-50(63)35-14-15-36(45(59)26-35)28-54-29-46(60)42-16-18-44(58)49-43(42)17-19-48(62)56-49/h1-19,26-27,34,37,40,46,53-54,58-60,64H,20-25,28-32H2,(H,55,63)(H,56,62)/t37?,40?,46-,52?/m0/s1. The van der Waals surface area contributed by atoms with Crippen LogP contribution in [-0.4, -0.2) is 86.8 Å². The van der Waals surface area contributed by atoms with E-state index in [4.69, 9.17) is 14.9 Å². The molecule has 1 aromatic heterocycles. The molecular weight excluding hydrogens is 839 g/mol. The largest absolute Gasteiger partial charge is 0.508 e.